The number of alkyl halides is 1. The fraction of sp³-hybridized carbons (Fsp3) is 1.00. The van der Waals surface area contributed by atoms with E-state index in [9.17, 15) is 4.39 Å². The maximum absolute atomic E-state index is 13.7. The highest BCUT2D eigenvalue weighted by Crippen LogP contribution is 2.27. The van der Waals surface area contributed by atoms with Crippen LogP contribution in [0.3, 0.4) is 0 Å². The van der Waals surface area contributed by atoms with Gasteiger partial charge < -0.3 is 0 Å². The second kappa shape index (κ2) is 4.41. The summed E-state index contributed by atoms with van der Waals surface area (Å²) in [5, 5.41) is 0. The van der Waals surface area contributed by atoms with E-state index in [2.05, 4.69) is 32.6 Å². The van der Waals surface area contributed by atoms with E-state index in [-0.39, 0.29) is 5.92 Å². The lowest BCUT2D eigenvalue weighted by molar-refractivity contribution is 0.0452. The van der Waals surface area contributed by atoms with Gasteiger partial charge in [-0.25, -0.2) is 4.39 Å². The molecule has 1 aliphatic rings. The Hall–Kier alpha value is -0.110. The molecular weight excluding hydrogens is 165 g/mol. The molecule has 1 fully saturated rings. The van der Waals surface area contributed by atoms with Gasteiger partial charge in [0.05, 0.1) is 0 Å². The van der Waals surface area contributed by atoms with Crippen molar-refractivity contribution in [2.45, 2.75) is 46.3 Å². The molecule has 0 aromatic carbocycles. The molecule has 2 heteroatoms. The van der Waals surface area contributed by atoms with E-state index >= 15 is 0 Å². The summed E-state index contributed by atoms with van der Waals surface area (Å²) >= 11 is 0. The maximum Gasteiger partial charge on any atom is 0.116 e. The van der Waals surface area contributed by atoms with Crippen LogP contribution in [0.1, 0.15) is 34.1 Å². The van der Waals surface area contributed by atoms with E-state index in [1.165, 1.54) is 0 Å². The van der Waals surface area contributed by atoms with Crippen LogP contribution in [-0.4, -0.2) is 30.2 Å². The predicted octanol–water partition coefficient (Wildman–Crippen LogP) is 2.71. The van der Waals surface area contributed by atoms with Crippen molar-refractivity contribution in [1.29, 1.82) is 0 Å². The molecule has 1 rings (SSSR count). The molecule has 0 spiro atoms. The monoisotopic (exact) mass is 187 g/mol. The van der Waals surface area contributed by atoms with E-state index < -0.39 is 6.17 Å². The number of piperidine rings is 1. The van der Waals surface area contributed by atoms with Gasteiger partial charge in [-0.15, -0.1) is 0 Å². The summed E-state index contributed by atoms with van der Waals surface area (Å²) in [6, 6.07) is 0.492. The first-order valence-corrected chi connectivity index (χ1v) is 5.40. The molecule has 78 valence electrons. The highest BCUT2D eigenvalue weighted by atomic mass is 19.1. The molecule has 0 aromatic heterocycles. The number of hydrogen-bond donors (Lipinski definition) is 0. The smallest absolute Gasteiger partial charge is 0.116 e. The van der Waals surface area contributed by atoms with Crippen molar-refractivity contribution in [3.05, 3.63) is 0 Å². The van der Waals surface area contributed by atoms with Crippen LogP contribution in [0.2, 0.25) is 0 Å². The molecule has 1 aliphatic heterocycles. The third-order valence-corrected chi connectivity index (χ3v) is 3.21. The standard InChI is InChI=1S/C11H22FN/c1-8(2)10-5-6-13(9(3)4)7-11(10)12/h8-11H,5-7H2,1-4H3/t10-,11-/m0/s1. The number of hydrogen-bond acceptors (Lipinski definition) is 1. The molecular formula is C11H22FN. The minimum Gasteiger partial charge on any atom is -0.298 e. The van der Waals surface area contributed by atoms with Gasteiger partial charge >= 0.3 is 0 Å². The Morgan fingerprint density at radius 2 is 1.85 bits per heavy atom. The Bertz CT molecular complexity index is 156. The Kier molecular flexibility index (Phi) is 3.72. The van der Waals surface area contributed by atoms with E-state index in [0.29, 0.717) is 18.5 Å². The van der Waals surface area contributed by atoms with Gasteiger partial charge in [0, 0.05) is 12.6 Å². The Morgan fingerprint density at radius 1 is 1.23 bits per heavy atom. The van der Waals surface area contributed by atoms with Gasteiger partial charge in [0.25, 0.3) is 0 Å². The molecule has 0 unspecified atom stereocenters. The van der Waals surface area contributed by atoms with Crippen molar-refractivity contribution in [3.63, 3.8) is 0 Å². The summed E-state index contributed by atoms with van der Waals surface area (Å²) in [5.74, 6) is 0.777. The first kappa shape index (κ1) is 11.0. The van der Waals surface area contributed by atoms with Crippen LogP contribution < -0.4 is 0 Å². The third-order valence-electron chi connectivity index (χ3n) is 3.21. The van der Waals surface area contributed by atoms with Crippen LogP contribution in [0.5, 0.6) is 0 Å². The fourth-order valence-electron chi connectivity index (χ4n) is 2.17. The lowest BCUT2D eigenvalue weighted by atomic mass is 9.85. The molecule has 0 N–H and O–H groups in total. The van der Waals surface area contributed by atoms with Crippen LogP contribution in [0.25, 0.3) is 0 Å². The van der Waals surface area contributed by atoms with Crippen LogP contribution in [0.15, 0.2) is 0 Å². The van der Waals surface area contributed by atoms with Crippen molar-refractivity contribution in [1.82, 2.24) is 4.90 Å². The van der Waals surface area contributed by atoms with Crippen molar-refractivity contribution in [3.8, 4) is 0 Å². The second-order valence-electron chi connectivity index (χ2n) is 4.80. The molecule has 0 saturated carbocycles. The SMILES string of the molecule is CC(C)[C@@H]1CCN(C(C)C)C[C@@H]1F. The summed E-state index contributed by atoms with van der Waals surface area (Å²) in [7, 11) is 0. The van der Waals surface area contributed by atoms with Gasteiger partial charge in [-0.1, -0.05) is 13.8 Å². The van der Waals surface area contributed by atoms with E-state index in [4.69, 9.17) is 0 Å². The Balaban J connectivity index is 2.46. The van der Waals surface area contributed by atoms with Gasteiger partial charge in [0.15, 0.2) is 0 Å². The second-order valence-corrected chi connectivity index (χ2v) is 4.80. The normalized spacial score (nSPS) is 31.6. The van der Waals surface area contributed by atoms with Gasteiger partial charge in [0.2, 0.25) is 0 Å². The lowest BCUT2D eigenvalue weighted by Crippen LogP contribution is -2.46. The third kappa shape index (κ3) is 2.67. The summed E-state index contributed by atoms with van der Waals surface area (Å²) in [5.41, 5.74) is 0. The predicted molar refractivity (Wildman–Crippen MR) is 54.6 cm³/mol. The van der Waals surface area contributed by atoms with Gasteiger partial charge in [-0.2, -0.15) is 0 Å². The molecule has 0 bridgehead atoms. The number of halogens is 1. The average molecular weight is 187 g/mol. The largest absolute Gasteiger partial charge is 0.298 e. The van der Waals surface area contributed by atoms with Gasteiger partial charge in [-0.05, 0) is 38.6 Å². The molecule has 1 heterocycles. The zero-order valence-electron chi connectivity index (χ0n) is 9.26. The summed E-state index contributed by atoms with van der Waals surface area (Å²) < 4.78 is 13.7. The summed E-state index contributed by atoms with van der Waals surface area (Å²) in [6.45, 7) is 10.2. The fourth-order valence-corrected chi connectivity index (χ4v) is 2.17. The molecule has 1 nitrogen and oxygen atoms in total. The quantitative estimate of drug-likeness (QED) is 0.642. The zero-order valence-corrected chi connectivity index (χ0v) is 9.26. The molecule has 0 amide bonds. The highest BCUT2D eigenvalue weighted by Gasteiger charge is 2.31. The van der Waals surface area contributed by atoms with Crippen LogP contribution >= 0.6 is 0 Å². The van der Waals surface area contributed by atoms with Crippen LogP contribution in [0, 0.1) is 11.8 Å². The molecule has 13 heavy (non-hydrogen) atoms. The van der Waals surface area contributed by atoms with Crippen LogP contribution in [0.4, 0.5) is 4.39 Å². The maximum atomic E-state index is 13.7. The molecule has 1 saturated heterocycles. The minimum absolute atomic E-state index is 0.287. The molecule has 0 aliphatic carbocycles. The highest BCUT2D eigenvalue weighted by molar-refractivity contribution is 4.83. The Morgan fingerprint density at radius 3 is 2.23 bits per heavy atom. The minimum atomic E-state index is -0.615. The van der Waals surface area contributed by atoms with Crippen molar-refractivity contribution in [2.75, 3.05) is 13.1 Å². The lowest BCUT2D eigenvalue weighted by Gasteiger charge is -2.38. The van der Waals surface area contributed by atoms with Crippen molar-refractivity contribution >= 4 is 0 Å². The van der Waals surface area contributed by atoms with Gasteiger partial charge in [-0.3, -0.25) is 4.90 Å². The summed E-state index contributed by atoms with van der Waals surface area (Å²) in [6.07, 6.45) is 0.410. The molecule has 0 aromatic rings. The molecule has 2 atom stereocenters. The number of rotatable bonds is 2. The van der Waals surface area contributed by atoms with E-state index in [1.54, 1.807) is 0 Å². The topological polar surface area (TPSA) is 3.24 Å². The number of nitrogens with zero attached hydrogens (tertiary/aromatic N) is 1. The van der Waals surface area contributed by atoms with E-state index in [0.717, 1.165) is 13.0 Å². The first-order valence-electron chi connectivity index (χ1n) is 5.40. The number of likely N-dealkylation sites (tertiary alicyclic amines) is 1. The molecule has 0 radical (unpaired) electrons. The average Bonchev–Trinajstić information content (AvgIpc) is 2.03. The van der Waals surface area contributed by atoms with Crippen LogP contribution in [-0.2, 0) is 0 Å². The Labute approximate surface area is 81.3 Å². The summed E-state index contributed by atoms with van der Waals surface area (Å²) in [4.78, 5) is 2.24. The zero-order chi connectivity index (χ0) is 10.0. The van der Waals surface area contributed by atoms with Crippen molar-refractivity contribution < 1.29 is 4.39 Å². The van der Waals surface area contributed by atoms with E-state index in [1.807, 2.05) is 0 Å². The first-order chi connectivity index (χ1) is 6.02. The van der Waals surface area contributed by atoms with Gasteiger partial charge in [0.1, 0.15) is 6.17 Å². The van der Waals surface area contributed by atoms with Crippen molar-refractivity contribution in [2.24, 2.45) is 11.8 Å².